The lowest BCUT2D eigenvalue weighted by molar-refractivity contribution is -0.153. The molecule has 1 N–H and O–H groups in total. The number of anilines is 1. The monoisotopic (exact) mass is 261 g/mol. The predicted molar refractivity (Wildman–Crippen MR) is 65.8 cm³/mol. The van der Waals surface area contributed by atoms with E-state index in [1.807, 2.05) is 20.8 Å². The van der Waals surface area contributed by atoms with Crippen LogP contribution < -0.4 is 5.32 Å². The van der Waals surface area contributed by atoms with Crippen molar-refractivity contribution in [2.24, 2.45) is 5.41 Å². The molecule has 5 nitrogen and oxygen atoms in total. The van der Waals surface area contributed by atoms with Crippen molar-refractivity contribution < 1.29 is 9.53 Å². The largest absolute Gasteiger partial charge is 0.444 e. The number of thiol groups is 1. The van der Waals surface area contributed by atoms with Crippen LogP contribution in [0, 0.1) is 5.41 Å². The maximum absolute atomic E-state index is 11.6. The van der Waals surface area contributed by atoms with Crippen molar-refractivity contribution in [3.8, 4) is 0 Å². The van der Waals surface area contributed by atoms with Crippen LogP contribution in [0.3, 0.4) is 0 Å². The van der Waals surface area contributed by atoms with Gasteiger partial charge < -0.3 is 10.1 Å². The van der Waals surface area contributed by atoms with Crippen LogP contribution in [0.5, 0.6) is 0 Å². The molecule has 0 bridgehead atoms. The average molecular weight is 261 g/mol. The molecule has 0 atom stereocenters. The van der Waals surface area contributed by atoms with Crippen molar-refractivity contribution in [2.45, 2.75) is 31.5 Å². The molecule has 1 heterocycles. The molecule has 90 valence electrons. The standard InChI is InChI=1S/C9H15N3O2S2/c1-4-9(2,3)6(13)14-5-10-7-11-12-8(15)16-7/h4-5H2,1-3H3,(H,10,11)(H,12,15). The summed E-state index contributed by atoms with van der Waals surface area (Å²) in [4.78, 5) is 11.6. The molecule has 1 aromatic rings. The third-order valence-electron chi connectivity index (χ3n) is 2.28. The number of nitrogens with one attached hydrogen (secondary N) is 1. The van der Waals surface area contributed by atoms with Crippen LogP contribution in [0.15, 0.2) is 4.34 Å². The van der Waals surface area contributed by atoms with Gasteiger partial charge in [0.15, 0.2) is 11.1 Å². The maximum atomic E-state index is 11.6. The highest BCUT2D eigenvalue weighted by atomic mass is 32.2. The molecule has 0 aliphatic rings. The van der Waals surface area contributed by atoms with Crippen molar-refractivity contribution in [1.82, 2.24) is 10.2 Å². The van der Waals surface area contributed by atoms with Crippen LogP contribution in [0.4, 0.5) is 5.13 Å². The molecule has 0 aliphatic carbocycles. The molecule has 0 aromatic carbocycles. The average Bonchev–Trinajstić information content (AvgIpc) is 2.64. The fraction of sp³-hybridized carbons (Fsp3) is 0.667. The Labute approximate surface area is 104 Å². The van der Waals surface area contributed by atoms with Gasteiger partial charge >= 0.3 is 5.97 Å². The van der Waals surface area contributed by atoms with Gasteiger partial charge in [-0.05, 0) is 20.3 Å². The fourth-order valence-electron chi connectivity index (χ4n) is 0.790. The Balaban J connectivity index is 2.33. The summed E-state index contributed by atoms with van der Waals surface area (Å²) in [6.45, 7) is 5.76. The maximum Gasteiger partial charge on any atom is 0.313 e. The topological polar surface area (TPSA) is 64.1 Å². The van der Waals surface area contributed by atoms with Gasteiger partial charge in [0, 0.05) is 0 Å². The minimum atomic E-state index is -0.447. The van der Waals surface area contributed by atoms with E-state index in [-0.39, 0.29) is 12.7 Å². The lowest BCUT2D eigenvalue weighted by Gasteiger charge is -2.20. The molecule has 1 aromatic heterocycles. The highest BCUT2D eigenvalue weighted by Crippen LogP contribution is 2.22. The van der Waals surface area contributed by atoms with Crippen molar-refractivity contribution in [3.05, 3.63) is 0 Å². The minimum Gasteiger partial charge on any atom is -0.444 e. The van der Waals surface area contributed by atoms with E-state index in [2.05, 4.69) is 28.1 Å². The van der Waals surface area contributed by atoms with Crippen LogP contribution in [-0.4, -0.2) is 22.9 Å². The summed E-state index contributed by atoms with van der Waals surface area (Å²) >= 11 is 5.32. The number of carbonyl (C=O) groups is 1. The van der Waals surface area contributed by atoms with Gasteiger partial charge in [0.25, 0.3) is 0 Å². The van der Waals surface area contributed by atoms with Gasteiger partial charge in [-0.1, -0.05) is 18.3 Å². The van der Waals surface area contributed by atoms with Gasteiger partial charge in [0.2, 0.25) is 5.13 Å². The molecule has 0 saturated heterocycles. The first-order valence-corrected chi connectivity index (χ1v) is 6.15. The Morgan fingerprint density at radius 3 is 2.75 bits per heavy atom. The lowest BCUT2D eigenvalue weighted by Crippen LogP contribution is -2.27. The van der Waals surface area contributed by atoms with Gasteiger partial charge in [0.05, 0.1) is 5.41 Å². The van der Waals surface area contributed by atoms with E-state index in [9.17, 15) is 4.79 Å². The molecule has 16 heavy (non-hydrogen) atoms. The molecular weight excluding hydrogens is 246 g/mol. The molecular formula is C9H15N3O2S2. The van der Waals surface area contributed by atoms with Crippen molar-refractivity contribution >= 4 is 35.1 Å². The van der Waals surface area contributed by atoms with E-state index in [4.69, 9.17) is 4.74 Å². The molecule has 1 rings (SSSR count). The first-order valence-electron chi connectivity index (χ1n) is 4.89. The summed E-state index contributed by atoms with van der Waals surface area (Å²) < 4.78 is 5.65. The van der Waals surface area contributed by atoms with Gasteiger partial charge in [-0.3, -0.25) is 4.79 Å². The van der Waals surface area contributed by atoms with E-state index < -0.39 is 5.41 Å². The third-order valence-corrected chi connectivity index (χ3v) is 3.32. The summed E-state index contributed by atoms with van der Waals surface area (Å²) in [6, 6.07) is 0. The normalized spacial score (nSPS) is 11.2. The van der Waals surface area contributed by atoms with E-state index in [1.54, 1.807) is 0 Å². The zero-order chi connectivity index (χ0) is 12.2. The van der Waals surface area contributed by atoms with Gasteiger partial charge in [-0.25, -0.2) is 0 Å². The van der Waals surface area contributed by atoms with E-state index in [1.165, 1.54) is 11.3 Å². The molecule has 0 radical (unpaired) electrons. The smallest absolute Gasteiger partial charge is 0.313 e. The highest BCUT2D eigenvalue weighted by Gasteiger charge is 2.26. The van der Waals surface area contributed by atoms with Crippen LogP contribution in [0.2, 0.25) is 0 Å². The first-order chi connectivity index (χ1) is 7.45. The predicted octanol–water partition coefficient (Wildman–Crippen LogP) is 2.18. The molecule has 0 amide bonds. The summed E-state index contributed by atoms with van der Waals surface area (Å²) in [7, 11) is 0. The van der Waals surface area contributed by atoms with Gasteiger partial charge in [-0.2, -0.15) is 0 Å². The highest BCUT2D eigenvalue weighted by molar-refractivity contribution is 7.82. The zero-order valence-electron chi connectivity index (χ0n) is 9.48. The van der Waals surface area contributed by atoms with Gasteiger partial charge in [0.1, 0.15) is 0 Å². The molecule has 0 unspecified atom stereocenters. The second kappa shape index (κ2) is 5.49. The second-order valence-electron chi connectivity index (χ2n) is 3.88. The summed E-state index contributed by atoms with van der Waals surface area (Å²) in [5.74, 6) is -0.224. The number of hydrogen-bond donors (Lipinski definition) is 2. The number of ether oxygens (including phenoxy) is 1. The van der Waals surface area contributed by atoms with Crippen molar-refractivity contribution in [2.75, 3.05) is 12.0 Å². The molecule has 0 aliphatic heterocycles. The number of aromatic nitrogens is 2. The van der Waals surface area contributed by atoms with Crippen LogP contribution in [-0.2, 0) is 9.53 Å². The summed E-state index contributed by atoms with van der Waals surface area (Å²) in [5, 5.41) is 10.9. The number of esters is 1. The minimum absolute atomic E-state index is 0.102. The van der Waals surface area contributed by atoms with Crippen LogP contribution in [0.1, 0.15) is 27.2 Å². The summed E-state index contributed by atoms with van der Waals surface area (Å²) in [5.41, 5.74) is -0.447. The number of hydrogen-bond acceptors (Lipinski definition) is 7. The molecule has 0 fully saturated rings. The SMILES string of the molecule is CCC(C)(C)C(=O)OCNc1nnc(S)s1. The number of carbonyl (C=O) groups excluding carboxylic acids is 1. The Bertz CT molecular complexity index is 365. The fourth-order valence-corrected chi connectivity index (χ4v) is 1.56. The number of nitrogens with zero attached hydrogens (tertiary/aromatic N) is 2. The van der Waals surface area contributed by atoms with E-state index >= 15 is 0 Å². The Kier molecular flexibility index (Phi) is 4.55. The summed E-state index contributed by atoms with van der Waals surface area (Å²) in [6.07, 6.45) is 0.741. The van der Waals surface area contributed by atoms with Crippen molar-refractivity contribution in [3.63, 3.8) is 0 Å². The van der Waals surface area contributed by atoms with E-state index in [0.717, 1.165) is 6.42 Å². The quantitative estimate of drug-likeness (QED) is 0.483. The first kappa shape index (κ1) is 13.2. The third kappa shape index (κ3) is 3.64. The molecule has 0 spiro atoms. The van der Waals surface area contributed by atoms with E-state index in [0.29, 0.717) is 9.47 Å². The molecule has 0 saturated carbocycles. The van der Waals surface area contributed by atoms with Crippen LogP contribution in [0.25, 0.3) is 0 Å². The van der Waals surface area contributed by atoms with Crippen molar-refractivity contribution in [1.29, 1.82) is 0 Å². The van der Waals surface area contributed by atoms with Gasteiger partial charge in [-0.15, -0.1) is 22.8 Å². The Morgan fingerprint density at radius 2 is 2.25 bits per heavy atom. The Morgan fingerprint density at radius 1 is 1.56 bits per heavy atom. The lowest BCUT2D eigenvalue weighted by atomic mass is 9.91. The Hall–Kier alpha value is -0.820. The number of rotatable bonds is 5. The molecule has 7 heteroatoms. The zero-order valence-corrected chi connectivity index (χ0v) is 11.2. The second-order valence-corrected chi connectivity index (χ2v) is 5.58. The van der Waals surface area contributed by atoms with Crippen LogP contribution >= 0.6 is 24.0 Å².